The Morgan fingerprint density at radius 3 is 2.33 bits per heavy atom. The van der Waals surface area contributed by atoms with E-state index in [4.69, 9.17) is 14.3 Å². The van der Waals surface area contributed by atoms with Crippen molar-refractivity contribution < 1.29 is 19.1 Å². The summed E-state index contributed by atoms with van der Waals surface area (Å²) in [6.07, 6.45) is 0. The van der Waals surface area contributed by atoms with Crippen LogP contribution < -0.4 is 10.1 Å². The van der Waals surface area contributed by atoms with Crippen LogP contribution in [0.2, 0.25) is 0 Å². The lowest BCUT2D eigenvalue weighted by Gasteiger charge is -2.19. The number of methoxy groups -OCH3 is 1. The van der Waals surface area contributed by atoms with Gasteiger partial charge in [-0.15, -0.1) is 0 Å². The Morgan fingerprint density at radius 1 is 1.14 bits per heavy atom. The Bertz CT molecular complexity index is 603. The molecule has 5 nitrogen and oxygen atoms in total. The van der Waals surface area contributed by atoms with Crippen molar-refractivity contribution in [3.05, 3.63) is 53.5 Å². The maximum atomic E-state index is 10.8. The molecule has 0 radical (unpaired) electrons. The van der Waals surface area contributed by atoms with E-state index in [2.05, 4.69) is 5.32 Å². The van der Waals surface area contributed by atoms with Crippen molar-refractivity contribution in [1.82, 2.24) is 5.32 Å². The summed E-state index contributed by atoms with van der Waals surface area (Å²) in [7, 11) is 1.63. The summed E-state index contributed by atoms with van der Waals surface area (Å²) in [5, 5.41) is 12.2. The molecular formula is C16H19NO4. The lowest BCUT2D eigenvalue weighted by atomic mass is 10.1. The van der Waals surface area contributed by atoms with Gasteiger partial charge in [0, 0.05) is 6.04 Å². The van der Waals surface area contributed by atoms with Crippen LogP contribution in [0, 0.1) is 0 Å². The largest absolute Gasteiger partial charge is 0.497 e. The highest BCUT2D eigenvalue weighted by Crippen LogP contribution is 2.22. The van der Waals surface area contributed by atoms with Crippen molar-refractivity contribution in [2.75, 3.05) is 7.11 Å². The Kier molecular flexibility index (Phi) is 4.65. The minimum atomic E-state index is -1.06. The molecule has 112 valence electrons. The molecule has 21 heavy (non-hydrogen) atoms. The lowest BCUT2D eigenvalue weighted by Crippen LogP contribution is -2.22. The van der Waals surface area contributed by atoms with E-state index in [0.29, 0.717) is 5.76 Å². The second kappa shape index (κ2) is 6.45. The molecule has 0 saturated carbocycles. The third kappa shape index (κ3) is 3.64. The maximum absolute atomic E-state index is 10.8. The lowest BCUT2D eigenvalue weighted by molar-refractivity contribution is 0.0659. The smallest absolute Gasteiger partial charge is 0.371 e. The van der Waals surface area contributed by atoms with Gasteiger partial charge < -0.3 is 19.6 Å². The second-order valence-electron chi connectivity index (χ2n) is 4.89. The van der Waals surface area contributed by atoms with Gasteiger partial charge in [-0.05, 0) is 43.7 Å². The molecule has 0 aliphatic carbocycles. The van der Waals surface area contributed by atoms with Gasteiger partial charge in [-0.25, -0.2) is 4.79 Å². The average Bonchev–Trinajstić information content (AvgIpc) is 2.97. The van der Waals surface area contributed by atoms with E-state index in [-0.39, 0.29) is 17.8 Å². The fraction of sp³-hybridized carbons (Fsp3) is 0.312. The molecule has 2 N–H and O–H groups in total. The minimum absolute atomic E-state index is 0.0456. The first-order chi connectivity index (χ1) is 10.0. The van der Waals surface area contributed by atoms with Gasteiger partial charge in [0.1, 0.15) is 11.5 Å². The standard InChI is InChI=1S/C16H19NO4/c1-10(12-4-6-13(20-3)7-5-12)17-11(2)14-8-9-15(21-14)16(18)19/h4-11,17H,1-3H3,(H,18,19). The van der Waals surface area contributed by atoms with E-state index in [1.54, 1.807) is 13.2 Å². The topological polar surface area (TPSA) is 71.7 Å². The van der Waals surface area contributed by atoms with Crippen LogP contribution in [0.4, 0.5) is 0 Å². The summed E-state index contributed by atoms with van der Waals surface area (Å²) in [4.78, 5) is 10.8. The zero-order valence-corrected chi connectivity index (χ0v) is 12.3. The molecule has 2 atom stereocenters. The molecule has 0 aliphatic heterocycles. The maximum Gasteiger partial charge on any atom is 0.371 e. The van der Waals surface area contributed by atoms with Crippen molar-refractivity contribution in [3.63, 3.8) is 0 Å². The van der Waals surface area contributed by atoms with Gasteiger partial charge in [-0.2, -0.15) is 0 Å². The highest BCUT2D eigenvalue weighted by atomic mass is 16.5. The molecular weight excluding hydrogens is 270 g/mol. The van der Waals surface area contributed by atoms with Crippen LogP contribution in [0.5, 0.6) is 5.75 Å². The first-order valence-electron chi connectivity index (χ1n) is 6.74. The van der Waals surface area contributed by atoms with Crippen LogP contribution in [-0.2, 0) is 0 Å². The molecule has 5 heteroatoms. The van der Waals surface area contributed by atoms with Gasteiger partial charge >= 0.3 is 5.97 Å². The van der Waals surface area contributed by atoms with E-state index in [1.807, 2.05) is 38.1 Å². The number of aromatic carboxylic acids is 1. The SMILES string of the molecule is COc1ccc(C(C)NC(C)c2ccc(C(=O)O)o2)cc1. The quantitative estimate of drug-likeness (QED) is 0.852. The van der Waals surface area contributed by atoms with Crippen molar-refractivity contribution in [3.8, 4) is 5.75 Å². The van der Waals surface area contributed by atoms with E-state index in [1.165, 1.54) is 6.07 Å². The van der Waals surface area contributed by atoms with E-state index in [0.717, 1.165) is 11.3 Å². The fourth-order valence-corrected chi connectivity index (χ4v) is 2.15. The third-order valence-corrected chi connectivity index (χ3v) is 3.38. The first-order valence-corrected chi connectivity index (χ1v) is 6.74. The van der Waals surface area contributed by atoms with Gasteiger partial charge in [-0.1, -0.05) is 12.1 Å². The highest BCUT2D eigenvalue weighted by molar-refractivity contribution is 5.84. The number of carboxylic acids is 1. The Morgan fingerprint density at radius 2 is 1.81 bits per heavy atom. The number of hydrogen-bond donors (Lipinski definition) is 2. The van der Waals surface area contributed by atoms with Crippen LogP contribution in [-0.4, -0.2) is 18.2 Å². The monoisotopic (exact) mass is 289 g/mol. The number of benzene rings is 1. The van der Waals surface area contributed by atoms with E-state index in [9.17, 15) is 4.79 Å². The molecule has 0 bridgehead atoms. The van der Waals surface area contributed by atoms with E-state index < -0.39 is 5.97 Å². The average molecular weight is 289 g/mol. The highest BCUT2D eigenvalue weighted by Gasteiger charge is 2.16. The zero-order chi connectivity index (χ0) is 15.4. The summed E-state index contributed by atoms with van der Waals surface area (Å²) >= 11 is 0. The Labute approximate surface area is 123 Å². The number of carbonyl (C=O) groups is 1. The summed E-state index contributed by atoms with van der Waals surface area (Å²) in [5.41, 5.74) is 1.12. The fourth-order valence-electron chi connectivity index (χ4n) is 2.15. The summed E-state index contributed by atoms with van der Waals surface area (Å²) < 4.78 is 10.4. The Balaban J connectivity index is 2.03. The number of nitrogens with one attached hydrogen (secondary N) is 1. The third-order valence-electron chi connectivity index (χ3n) is 3.38. The van der Waals surface area contributed by atoms with Crippen LogP contribution in [0.25, 0.3) is 0 Å². The molecule has 2 rings (SSSR count). The zero-order valence-electron chi connectivity index (χ0n) is 12.3. The van der Waals surface area contributed by atoms with E-state index >= 15 is 0 Å². The molecule has 0 amide bonds. The van der Waals surface area contributed by atoms with Gasteiger partial charge in [0.2, 0.25) is 5.76 Å². The normalized spacial score (nSPS) is 13.7. The van der Waals surface area contributed by atoms with Crippen LogP contribution in [0.1, 0.15) is 47.8 Å². The molecule has 0 saturated heterocycles. The number of carboxylic acid groups (broad SMARTS) is 1. The molecule has 0 fully saturated rings. The molecule has 0 spiro atoms. The molecule has 1 aromatic heterocycles. The predicted octanol–water partition coefficient (Wildman–Crippen LogP) is 3.40. The van der Waals surface area contributed by atoms with Gasteiger partial charge in [0.15, 0.2) is 0 Å². The Hall–Kier alpha value is -2.27. The summed E-state index contributed by atoms with van der Waals surface area (Å²) in [5.74, 6) is 0.316. The first kappa shape index (κ1) is 15.1. The predicted molar refractivity (Wildman–Crippen MR) is 78.6 cm³/mol. The summed E-state index contributed by atoms with van der Waals surface area (Å²) in [6.45, 7) is 3.98. The van der Waals surface area contributed by atoms with Gasteiger partial charge in [0.05, 0.1) is 13.2 Å². The van der Waals surface area contributed by atoms with Crippen LogP contribution in [0.3, 0.4) is 0 Å². The second-order valence-corrected chi connectivity index (χ2v) is 4.89. The molecule has 2 aromatic rings. The van der Waals surface area contributed by atoms with Crippen molar-refractivity contribution in [2.24, 2.45) is 0 Å². The van der Waals surface area contributed by atoms with Crippen molar-refractivity contribution in [1.29, 1.82) is 0 Å². The van der Waals surface area contributed by atoms with Crippen molar-refractivity contribution >= 4 is 5.97 Å². The number of furan rings is 1. The molecule has 2 unspecified atom stereocenters. The van der Waals surface area contributed by atoms with Crippen molar-refractivity contribution in [2.45, 2.75) is 25.9 Å². The van der Waals surface area contributed by atoms with Crippen LogP contribution >= 0.6 is 0 Å². The molecule has 0 aliphatic rings. The number of ether oxygens (including phenoxy) is 1. The van der Waals surface area contributed by atoms with Gasteiger partial charge in [0.25, 0.3) is 0 Å². The van der Waals surface area contributed by atoms with Gasteiger partial charge in [-0.3, -0.25) is 0 Å². The minimum Gasteiger partial charge on any atom is -0.497 e. The number of rotatable bonds is 6. The molecule has 1 aromatic carbocycles. The van der Waals surface area contributed by atoms with Crippen LogP contribution in [0.15, 0.2) is 40.8 Å². The molecule has 1 heterocycles. The summed E-state index contributed by atoms with van der Waals surface area (Å²) in [6, 6.07) is 11.0. The number of hydrogen-bond acceptors (Lipinski definition) is 4.